The van der Waals surface area contributed by atoms with E-state index >= 15 is 0 Å². The molecule has 0 radical (unpaired) electrons. The molecule has 0 aliphatic carbocycles. The van der Waals surface area contributed by atoms with Crippen molar-refractivity contribution in [1.82, 2.24) is 29.9 Å². The van der Waals surface area contributed by atoms with Gasteiger partial charge in [-0.1, -0.05) is 347 Å². The van der Waals surface area contributed by atoms with Crippen molar-refractivity contribution in [3.8, 4) is 135 Å². The van der Waals surface area contributed by atoms with E-state index in [1.807, 2.05) is 36.7 Å². The van der Waals surface area contributed by atoms with Crippen LogP contribution < -0.4 is 0 Å². The van der Waals surface area contributed by atoms with E-state index in [0.717, 1.165) is 117 Å². The van der Waals surface area contributed by atoms with Gasteiger partial charge < -0.3 is 0 Å². The van der Waals surface area contributed by atoms with Crippen molar-refractivity contribution in [3.63, 3.8) is 0 Å². The van der Waals surface area contributed by atoms with Gasteiger partial charge in [0.15, 0.2) is 11.6 Å². The van der Waals surface area contributed by atoms with E-state index in [-0.39, 0.29) is 0 Å². The average molecular weight is 1480 g/mol. The molecule has 0 saturated heterocycles. The molecule has 0 unspecified atom stereocenters. The minimum absolute atomic E-state index is 0.662. The highest BCUT2D eigenvalue weighted by molar-refractivity contribution is 6.26. The molecule has 0 aliphatic rings. The quantitative estimate of drug-likeness (QED) is 0.101. The summed E-state index contributed by atoms with van der Waals surface area (Å²) in [6.45, 7) is 8.30. The van der Waals surface area contributed by atoms with E-state index < -0.39 is 0 Å². The summed E-state index contributed by atoms with van der Waals surface area (Å²) in [4.78, 5) is 29.7. The minimum atomic E-state index is 0.662. The molecular formula is C110H72N6. The van der Waals surface area contributed by atoms with E-state index in [1.54, 1.807) is 12.4 Å². The molecule has 0 aliphatic heterocycles. The summed E-state index contributed by atoms with van der Waals surface area (Å²) in [5.41, 5.74) is 25.2. The maximum absolute atomic E-state index is 5.26. The first-order valence-electron chi connectivity index (χ1n) is 39.1. The molecule has 17 aromatic carbocycles. The van der Waals surface area contributed by atoms with Gasteiger partial charge in [0.05, 0.1) is 22.8 Å². The van der Waals surface area contributed by atoms with E-state index in [0.29, 0.717) is 11.6 Å². The molecule has 0 spiro atoms. The monoisotopic (exact) mass is 1480 g/mol. The Morgan fingerprint density at radius 2 is 0.474 bits per heavy atom. The summed E-state index contributed by atoms with van der Waals surface area (Å²) >= 11 is 0. The second-order valence-corrected chi connectivity index (χ2v) is 29.3. The fraction of sp³-hybridized carbons (Fsp3) is 0. The third-order valence-corrected chi connectivity index (χ3v) is 22.5. The molecule has 0 N–H and O–H groups in total. The second-order valence-electron chi connectivity index (χ2n) is 29.3. The highest BCUT2D eigenvalue weighted by Gasteiger charge is 2.19. The van der Waals surface area contributed by atoms with Crippen molar-refractivity contribution in [3.05, 3.63) is 425 Å². The van der Waals surface area contributed by atoms with Crippen LogP contribution in [0.2, 0.25) is 0 Å². The van der Waals surface area contributed by atoms with Crippen LogP contribution in [0.3, 0.4) is 0 Å². The van der Waals surface area contributed by atoms with Crippen LogP contribution in [0.4, 0.5) is 0 Å². The topological polar surface area (TPSA) is 77.3 Å². The molecule has 6 heteroatoms. The number of hydrogen-bond donors (Lipinski definition) is 0. The molecule has 0 bridgehead atoms. The maximum atomic E-state index is 5.26. The summed E-state index contributed by atoms with van der Waals surface area (Å²) in [6, 6.07) is 134. The minimum Gasteiger partial charge on any atom is -0.264 e. The van der Waals surface area contributed by atoms with Gasteiger partial charge in [-0.25, -0.2) is 19.9 Å². The van der Waals surface area contributed by atoms with Crippen molar-refractivity contribution in [2.24, 2.45) is 0 Å². The summed E-state index contributed by atoms with van der Waals surface area (Å²) in [5, 5.41) is 17.3. The third-order valence-electron chi connectivity index (χ3n) is 22.5. The first-order valence-corrected chi connectivity index (χ1v) is 39.1. The molecule has 4 aromatic heterocycles. The molecule has 0 fully saturated rings. The van der Waals surface area contributed by atoms with E-state index in [1.165, 1.54) is 92.3 Å². The van der Waals surface area contributed by atoms with Gasteiger partial charge in [0.25, 0.3) is 0 Å². The van der Waals surface area contributed by atoms with Crippen molar-refractivity contribution in [1.29, 1.82) is 0 Å². The zero-order valence-corrected chi connectivity index (χ0v) is 63.4. The van der Waals surface area contributed by atoms with Gasteiger partial charge in [-0.15, -0.1) is 0 Å². The van der Waals surface area contributed by atoms with Crippen LogP contribution in [0.5, 0.6) is 0 Å². The SMILES string of the molecule is C=Cc1c(C=C)c2ccc(-c3cccc(-c4nc(-c5ccc(-c6cccc7ccccc67)cc5)cc(-c5cccc(-c6cccnc6)c5)n4)c3)cc2c2ccccc12.c1cncc(-c2cccc(-c3cc(-c4ccc(-c5cccc6ccccc56)cc4)nc(-c4ccc(-c5ccc6c7ccccc7c7ccccc7c6c5)cc4)n3)c2)c1. The summed E-state index contributed by atoms with van der Waals surface area (Å²) < 4.78 is 0. The van der Waals surface area contributed by atoms with Crippen LogP contribution in [0.1, 0.15) is 11.1 Å². The normalized spacial score (nSPS) is 11.3. The van der Waals surface area contributed by atoms with Crippen LogP contribution in [-0.2, 0) is 0 Å². The smallest absolute Gasteiger partial charge is 0.160 e. The lowest BCUT2D eigenvalue weighted by Crippen LogP contribution is -1.96. The van der Waals surface area contributed by atoms with Gasteiger partial charge in [0.2, 0.25) is 0 Å². The summed E-state index contributed by atoms with van der Waals surface area (Å²) in [6.07, 6.45) is 11.3. The fourth-order valence-electron chi connectivity index (χ4n) is 16.7. The van der Waals surface area contributed by atoms with Gasteiger partial charge in [-0.05, 0) is 197 Å². The van der Waals surface area contributed by atoms with Gasteiger partial charge in [0, 0.05) is 69.3 Å². The van der Waals surface area contributed by atoms with E-state index in [4.69, 9.17) is 19.9 Å². The molecule has 542 valence electrons. The first-order chi connectivity index (χ1) is 57.4. The predicted octanol–water partition coefficient (Wildman–Crippen LogP) is 29.1. The van der Waals surface area contributed by atoms with Crippen LogP contribution in [0.25, 0.3) is 222 Å². The molecule has 6 nitrogen and oxygen atoms in total. The number of hydrogen-bond acceptors (Lipinski definition) is 6. The van der Waals surface area contributed by atoms with Gasteiger partial charge in [-0.2, -0.15) is 0 Å². The molecule has 21 rings (SSSR count). The molecule has 4 heterocycles. The molecule has 21 aromatic rings. The standard InChI is InChI=1S/C55H35N3.C55H37N3/c1-2-15-45-37(10-1)11-8-20-46(45)38-23-25-39(26-24-38)53-34-54(43-13-7-12-41(32-43)44-14-9-31-56-35-44)58-55(57-53)40-27-21-36(22-28-40)42-29-30-51-49-18-4-3-16-47(49)48-17-5-6-19-50(48)52(51)33-42;1-3-45-46(4-2)51-29-28-41(33-52(51)50-22-8-7-21-49(45)50)39-15-10-18-43(32-39)55-57-53(34-54(58-55)42-17-9-16-40(31-42)44-19-12-30-56-35-44)38-26-24-37(25-27-38)48-23-11-14-36-13-5-6-20-47(36)48/h1-35H;3-35H,1-2H2. The molecule has 0 amide bonds. The van der Waals surface area contributed by atoms with Crippen molar-refractivity contribution in [2.45, 2.75) is 0 Å². The Morgan fingerprint density at radius 1 is 0.181 bits per heavy atom. The fourth-order valence-corrected chi connectivity index (χ4v) is 16.7. The number of aromatic nitrogens is 6. The van der Waals surface area contributed by atoms with Gasteiger partial charge in [0.1, 0.15) is 0 Å². The predicted molar refractivity (Wildman–Crippen MR) is 488 cm³/mol. The molecule has 116 heavy (non-hydrogen) atoms. The van der Waals surface area contributed by atoms with E-state index in [9.17, 15) is 0 Å². The summed E-state index contributed by atoms with van der Waals surface area (Å²) in [7, 11) is 0. The lowest BCUT2D eigenvalue weighted by Gasteiger charge is -2.15. The second kappa shape index (κ2) is 30.3. The number of pyridine rings is 2. The van der Waals surface area contributed by atoms with Crippen LogP contribution in [-0.4, -0.2) is 29.9 Å². The van der Waals surface area contributed by atoms with Gasteiger partial charge >= 0.3 is 0 Å². The maximum Gasteiger partial charge on any atom is 0.160 e. The Hall–Kier alpha value is -15.5. The molecule has 0 atom stereocenters. The zero-order valence-electron chi connectivity index (χ0n) is 63.4. The number of benzene rings is 17. The van der Waals surface area contributed by atoms with Crippen LogP contribution >= 0.6 is 0 Å². The average Bonchev–Trinajstić information content (AvgIpc) is 0.755. The molecular weight excluding hydrogens is 1410 g/mol. The molecule has 0 saturated carbocycles. The third kappa shape index (κ3) is 13.3. The van der Waals surface area contributed by atoms with Crippen molar-refractivity contribution in [2.75, 3.05) is 0 Å². The highest BCUT2D eigenvalue weighted by atomic mass is 14.9. The number of fused-ring (bicyclic) bond motifs is 11. The van der Waals surface area contributed by atoms with Gasteiger partial charge in [-0.3, -0.25) is 9.97 Å². The lowest BCUT2D eigenvalue weighted by atomic mass is 9.89. The van der Waals surface area contributed by atoms with Crippen molar-refractivity contribution < 1.29 is 0 Å². The van der Waals surface area contributed by atoms with Crippen LogP contribution in [0, 0.1) is 0 Å². The largest absolute Gasteiger partial charge is 0.264 e. The first kappa shape index (κ1) is 69.7. The Morgan fingerprint density at radius 3 is 0.948 bits per heavy atom. The lowest BCUT2D eigenvalue weighted by molar-refractivity contribution is 1.18. The van der Waals surface area contributed by atoms with Crippen molar-refractivity contribution >= 4 is 87.6 Å². The Kier molecular flexibility index (Phi) is 18.2. The van der Waals surface area contributed by atoms with E-state index in [2.05, 4.69) is 387 Å². The summed E-state index contributed by atoms with van der Waals surface area (Å²) in [5.74, 6) is 1.34. The Labute approximate surface area is 672 Å². The Bertz CT molecular complexity index is 7350. The Balaban J connectivity index is 0.000000150. The highest BCUT2D eigenvalue weighted by Crippen LogP contribution is 2.43. The van der Waals surface area contributed by atoms with Crippen LogP contribution in [0.15, 0.2) is 414 Å². The number of rotatable bonds is 14. The number of nitrogens with zero attached hydrogens (tertiary/aromatic N) is 6. The zero-order chi connectivity index (χ0) is 77.4.